The first-order chi connectivity index (χ1) is 18.5. The van der Waals surface area contributed by atoms with E-state index in [4.69, 9.17) is 14.5 Å². The van der Waals surface area contributed by atoms with Crippen LogP contribution in [0.3, 0.4) is 0 Å². The number of hydrogen-bond donors (Lipinski definition) is 1. The lowest BCUT2D eigenvalue weighted by Gasteiger charge is -2.12. The monoisotopic (exact) mass is 505 g/mol. The minimum atomic E-state index is -0.532. The number of carbonyl (C=O) groups is 1. The predicted octanol–water partition coefficient (Wildman–Crippen LogP) is 7.25. The van der Waals surface area contributed by atoms with Gasteiger partial charge in [0.2, 0.25) is 0 Å². The minimum Gasteiger partial charge on any atom is -0.494 e. The third-order valence-electron chi connectivity index (χ3n) is 5.76. The third-order valence-corrected chi connectivity index (χ3v) is 5.76. The Hall–Kier alpha value is -5.24. The molecule has 4 aromatic carbocycles. The summed E-state index contributed by atoms with van der Waals surface area (Å²) in [6, 6.07) is 29.7. The number of amides is 1. The highest BCUT2D eigenvalue weighted by molar-refractivity contribution is 6.13. The normalized spacial score (nSPS) is 10.7. The number of nitrogens with zero attached hydrogens (tertiary/aromatic N) is 2. The second-order valence-corrected chi connectivity index (χ2v) is 8.37. The zero-order valence-electron chi connectivity index (χ0n) is 20.5. The molecule has 0 saturated heterocycles. The van der Waals surface area contributed by atoms with Gasteiger partial charge >= 0.3 is 0 Å². The molecule has 0 aliphatic heterocycles. The van der Waals surface area contributed by atoms with Crippen molar-refractivity contribution in [2.45, 2.75) is 6.92 Å². The molecule has 1 N–H and O–H groups in total. The van der Waals surface area contributed by atoms with Crippen LogP contribution in [0.4, 0.5) is 11.4 Å². The van der Waals surface area contributed by atoms with Gasteiger partial charge in [0.05, 0.1) is 40.1 Å². The van der Waals surface area contributed by atoms with Crippen molar-refractivity contribution in [2.75, 3.05) is 11.9 Å². The van der Waals surface area contributed by atoms with Crippen LogP contribution in [-0.2, 0) is 0 Å². The number of nitro groups is 1. The van der Waals surface area contributed by atoms with Gasteiger partial charge in [0.1, 0.15) is 17.2 Å². The van der Waals surface area contributed by atoms with E-state index in [0.29, 0.717) is 40.3 Å². The fourth-order valence-electron chi connectivity index (χ4n) is 4.04. The molecule has 0 atom stereocenters. The summed E-state index contributed by atoms with van der Waals surface area (Å²) in [7, 11) is 0. The lowest BCUT2D eigenvalue weighted by Crippen LogP contribution is -2.13. The Bertz CT molecular complexity index is 1620. The van der Waals surface area contributed by atoms with E-state index >= 15 is 0 Å². The van der Waals surface area contributed by atoms with Crippen LogP contribution in [0, 0.1) is 10.1 Å². The molecule has 0 saturated carbocycles. The average molecular weight is 506 g/mol. The summed E-state index contributed by atoms with van der Waals surface area (Å²) in [6.45, 7) is 2.42. The lowest BCUT2D eigenvalue weighted by molar-refractivity contribution is -0.384. The number of anilines is 1. The Morgan fingerprint density at radius 1 is 0.868 bits per heavy atom. The number of carbonyl (C=O) groups excluding carboxylic acids is 1. The topological polar surface area (TPSA) is 104 Å². The van der Waals surface area contributed by atoms with Gasteiger partial charge in [-0.1, -0.05) is 48.5 Å². The maximum absolute atomic E-state index is 13.5. The van der Waals surface area contributed by atoms with E-state index in [1.807, 2.05) is 61.5 Å². The Balaban J connectivity index is 1.48. The number of non-ortho nitro benzene ring substituents is 1. The Labute approximate surface area is 218 Å². The van der Waals surface area contributed by atoms with Gasteiger partial charge in [-0.3, -0.25) is 14.9 Å². The van der Waals surface area contributed by atoms with Crippen LogP contribution in [0.2, 0.25) is 0 Å². The number of fused-ring (bicyclic) bond motifs is 1. The molecular formula is C30H23N3O5. The first kappa shape index (κ1) is 24.5. The van der Waals surface area contributed by atoms with E-state index in [0.717, 1.165) is 5.56 Å². The zero-order chi connectivity index (χ0) is 26.5. The Morgan fingerprint density at radius 2 is 1.58 bits per heavy atom. The Kier molecular flexibility index (Phi) is 6.95. The van der Waals surface area contributed by atoms with Crippen LogP contribution in [0.15, 0.2) is 103 Å². The second-order valence-electron chi connectivity index (χ2n) is 8.37. The minimum absolute atomic E-state index is 0.211. The van der Waals surface area contributed by atoms with Gasteiger partial charge in [-0.05, 0) is 43.3 Å². The zero-order valence-corrected chi connectivity index (χ0v) is 20.5. The molecule has 0 bridgehead atoms. The summed E-state index contributed by atoms with van der Waals surface area (Å²) < 4.78 is 11.3. The average Bonchev–Trinajstić information content (AvgIpc) is 2.94. The standard InChI is InChI=1S/C30H23N3O5/c1-2-37-23-12-14-24(15-13-23)38-25-17-21(16-22(18-25)33(35)36)31-30(34)27-19-29(20-8-4-3-5-9-20)32-28-11-7-6-10-26(27)28/h3-19H,2H2,1H3,(H,31,34). The van der Waals surface area contributed by atoms with Crippen molar-refractivity contribution in [1.29, 1.82) is 0 Å². The first-order valence-corrected chi connectivity index (χ1v) is 12.0. The van der Waals surface area contributed by atoms with Gasteiger partial charge in [-0.2, -0.15) is 0 Å². The summed E-state index contributed by atoms with van der Waals surface area (Å²) in [5.74, 6) is 0.946. The van der Waals surface area contributed by atoms with Gasteiger partial charge in [0.25, 0.3) is 11.6 Å². The lowest BCUT2D eigenvalue weighted by atomic mass is 10.0. The van der Waals surface area contributed by atoms with Crippen LogP contribution in [0.5, 0.6) is 17.2 Å². The quantitative estimate of drug-likeness (QED) is 0.176. The molecule has 8 heteroatoms. The number of para-hydroxylation sites is 1. The predicted molar refractivity (Wildman–Crippen MR) is 146 cm³/mol. The van der Waals surface area contributed by atoms with Crippen LogP contribution in [0.25, 0.3) is 22.2 Å². The van der Waals surface area contributed by atoms with Gasteiger partial charge in [-0.15, -0.1) is 0 Å². The molecule has 0 unspecified atom stereocenters. The largest absolute Gasteiger partial charge is 0.494 e. The molecule has 0 fully saturated rings. The van der Waals surface area contributed by atoms with E-state index in [1.54, 1.807) is 36.4 Å². The number of rotatable bonds is 8. The van der Waals surface area contributed by atoms with Crippen molar-refractivity contribution in [2.24, 2.45) is 0 Å². The molecule has 1 amide bonds. The molecule has 0 aliphatic carbocycles. The molecular weight excluding hydrogens is 482 g/mol. The van der Waals surface area contributed by atoms with Crippen molar-refractivity contribution in [3.05, 3.63) is 119 Å². The summed E-state index contributed by atoms with van der Waals surface area (Å²) in [6.07, 6.45) is 0. The van der Waals surface area contributed by atoms with Crippen LogP contribution in [-0.4, -0.2) is 22.4 Å². The Morgan fingerprint density at radius 3 is 2.32 bits per heavy atom. The number of aromatic nitrogens is 1. The summed E-state index contributed by atoms with van der Waals surface area (Å²) in [5.41, 5.74) is 2.59. The van der Waals surface area contributed by atoms with Crippen molar-refractivity contribution in [3.63, 3.8) is 0 Å². The molecule has 1 heterocycles. The fraction of sp³-hybridized carbons (Fsp3) is 0.0667. The molecule has 8 nitrogen and oxygen atoms in total. The molecule has 188 valence electrons. The third kappa shape index (κ3) is 5.44. The van der Waals surface area contributed by atoms with Crippen molar-refractivity contribution in [3.8, 4) is 28.5 Å². The molecule has 0 aliphatic rings. The van der Waals surface area contributed by atoms with E-state index in [2.05, 4.69) is 5.32 Å². The number of ether oxygens (including phenoxy) is 2. The number of nitrogens with one attached hydrogen (secondary N) is 1. The molecule has 1 aromatic heterocycles. The number of hydrogen-bond acceptors (Lipinski definition) is 6. The highest BCUT2D eigenvalue weighted by Crippen LogP contribution is 2.32. The van der Waals surface area contributed by atoms with Crippen molar-refractivity contribution in [1.82, 2.24) is 4.98 Å². The second kappa shape index (κ2) is 10.8. The number of benzene rings is 4. The molecule has 38 heavy (non-hydrogen) atoms. The van der Waals surface area contributed by atoms with E-state index < -0.39 is 10.8 Å². The number of pyridine rings is 1. The van der Waals surface area contributed by atoms with Gasteiger partial charge in [-0.25, -0.2) is 4.98 Å². The molecule has 0 spiro atoms. The summed E-state index contributed by atoms with van der Waals surface area (Å²) in [5, 5.41) is 15.1. The SMILES string of the molecule is CCOc1ccc(Oc2cc(NC(=O)c3cc(-c4ccccc4)nc4ccccc34)cc([N+](=O)[O-])c2)cc1. The van der Waals surface area contributed by atoms with Crippen molar-refractivity contribution >= 4 is 28.2 Å². The number of nitro benzene ring substituents is 1. The van der Waals surface area contributed by atoms with E-state index in [-0.39, 0.29) is 17.1 Å². The molecule has 0 radical (unpaired) electrons. The summed E-state index contributed by atoms with van der Waals surface area (Å²) >= 11 is 0. The maximum atomic E-state index is 13.5. The van der Waals surface area contributed by atoms with E-state index in [9.17, 15) is 14.9 Å². The molecule has 5 aromatic rings. The summed E-state index contributed by atoms with van der Waals surface area (Å²) in [4.78, 5) is 29.3. The van der Waals surface area contributed by atoms with Gasteiger partial charge < -0.3 is 14.8 Å². The van der Waals surface area contributed by atoms with E-state index in [1.165, 1.54) is 12.1 Å². The first-order valence-electron chi connectivity index (χ1n) is 12.0. The molecule has 5 rings (SSSR count). The fourth-order valence-corrected chi connectivity index (χ4v) is 4.04. The van der Waals surface area contributed by atoms with Gasteiger partial charge in [0, 0.05) is 23.1 Å². The van der Waals surface area contributed by atoms with Crippen LogP contribution < -0.4 is 14.8 Å². The van der Waals surface area contributed by atoms with Gasteiger partial charge in [0.15, 0.2) is 0 Å². The van der Waals surface area contributed by atoms with Crippen LogP contribution >= 0.6 is 0 Å². The van der Waals surface area contributed by atoms with Crippen LogP contribution in [0.1, 0.15) is 17.3 Å². The van der Waals surface area contributed by atoms with Crippen molar-refractivity contribution < 1.29 is 19.2 Å². The maximum Gasteiger partial charge on any atom is 0.275 e. The highest BCUT2D eigenvalue weighted by atomic mass is 16.6. The highest BCUT2D eigenvalue weighted by Gasteiger charge is 2.17. The smallest absolute Gasteiger partial charge is 0.275 e.